The molecule has 5 aliphatic rings. The molecule has 68 heavy (non-hydrogen) atoms. The third-order valence-electron chi connectivity index (χ3n) is 16.7. The van der Waals surface area contributed by atoms with Crippen molar-refractivity contribution < 1.29 is 0 Å². The number of rotatable bonds is 6. The van der Waals surface area contributed by atoms with Crippen LogP contribution in [0.2, 0.25) is 0 Å². The van der Waals surface area contributed by atoms with Crippen LogP contribution in [0.5, 0.6) is 0 Å². The standard InChI is InChI=1S/C64H47N3S/c1-2-11-52(44-24-29-59-57(37-44)54-12-3-5-16-58(54)64(59)46-32-39-31-40(34-46)35-47(64)33-39)51(10-1)41-20-25-48(26-21-41)67(50-36-45-19-18-43-9-8-30-65-61(43)62(45)66-38-50)49-27-22-42(23-28-49)53-14-7-15-56-55-13-4-6-17-60(55)68-63(53)56/h1-30,36-40,46-47H,31-35H2. The van der Waals surface area contributed by atoms with E-state index in [-0.39, 0.29) is 5.41 Å². The van der Waals surface area contributed by atoms with Crippen LogP contribution < -0.4 is 4.90 Å². The second-order valence-electron chi connectivity index (χ2n) is 20.1. The summed E-state index contributed by atoms with van der Waals surface area (Å²) in [5.41, 5.74) is 18.8. The minimum absolute atomic E-state index is 0.178. The highest BCUT2D eigenvalue weighted by Crippen LogP contribution is 2.69. The highest BCUT2D eigenvalue weighted by molar-refractivity contribution is 7.26. The van der Waals surface area contributed by atoms with Crippen molar-refractivity contribution in [3.05, 3.63) is 212 Å². The molecule has 0 N–H and O–H groups in total. The van der Waals surface area contributed by atoms with Crippen LogP contribution in [0.4, 0.5) is 17.1 Å². The summed E-state index contributed by atoms with van der Waals surface area (Å²) in [6, 6.07) is 70.3. The minimum Gasteiger partial charge on any atom is -0.309 e. The molecule has 0 aliphatic heterocycles. The average Bonchev–Trinajstić information content (AvgIpc) is 3.92. The second-order valence-corrected chi connectivity index (χ2v) is 21.2. The zero-order chi connectivity index (χ0) is 44.5. The number of nitrogens with zero attached hydrogens (tertiary/aromatic N) is 3. The first kappa shape index (κ1) is 38.7. The van der Waals surface area contributed by atoms with Gasteiger partial charge in [0.2, 0.25) is 0 Å². The smallest absolute Gasteiger partial charge is 0.0966 e. The van der Waals surface area contributed by atoms with Crippen LogP contribution in [0.3, 0.4) is 0 Å². The van der Waals surface area contributed by atoms with Gasteiger partial charge in [0.15, 0.2) is 0 Å². The third-order valence-corrected chi connectivity index (χ3v) is 18.0. The monoisotopic (exact) mass is 889 g/mol. The van der Waals surface area contributed by atoms with Crippen LogP contribution in [0.25, 0.3) is 86.5 Å². The summed E-state index contributed by atoms with van der Waals surface area (Å²) < 4.78 is 2.64. The van der Waals surface area contributed by atoms with Crippen LogP contribution in [-0.4, -0.2) is 9.97 Å². The zero-order valence-corrected chi connectivity index (χ0v) is 38.5. The van der Waals surface area contributed by atoms with E-state index in [1.54, 1.807) is 11.1 Å². The van der Waals surface area contributed by atoms with E-state index in [9.17, 15) is 0 Å². The Morgan fingerprint density at radius 3 is 1.81 bits per heavy atom. The van der Waals surface area contributed by atoms with Crippen molar-refractivity contribution in [1.82, 2.24) is 9.97 Å². The van der Waals surface area contributed by atoms with Crippen LogP contribution in [-0.2, 0) is 5.41 Å². The van der Waals surface area contributed by atoms with Crippen molar-refractivity contribution in [2.75, 3.05) is 4.90 Å². The van der Waals surface area contributed by atoms with Gasteiger partial charge in [-0.1, -0.05) is 140 Å². The van der Waals surface area contributed by atoms with Gasteiger partial charge in [-0.05, 0) is 160 Å². The molecule has 324 valence electrons. The topological polar surface area (TPSA) is 29.0 Å². The van der Waals surface area contributed by atoms with Crippen LogP contribution in [0.15, 0.2) is 200 Å². The number of fused-ring (bicyclic) bond motifs is 9. The Balaban J connectivity index is 0.818. The fourth-order valence-electron chi connectivity index (χ4n) is 14.2. The highest BCUT2D eigenvalue weighted by Gasteiger charge is 2.61. The van der Waals surface area contributed by atoms with E-state index in [0.717, 1.165) is 62.5 Å². The Labute approximate surface area is 400 Å². The van der Waals surface area contributed by atoms with Crippen molar-refractivity contribution in [2.24, 2.45) is 23.7 Å². The molecule has 3 nitrogen and oxygen atoms in total. The van der Waals surface area contributed by atoms with Gasteiger partial charge < -0.3 is 4.90 Å². The van der Waals surface area contributed by atoms with E-state index in [2.05, 4.69) is 187 Å². The van der Waals surface area contributed by atoms with E-state index < -0.39 is 0 Å². The molecule has 4 saturated carbocycles. The minimum atomic E-state index is 0.178. The molecule has 0 atom stereocenters. The maximum atomic E-state index is 5.10. The molecule has 4 heteroatoms. The molecule has 3 aromatic heterocycles. The van der Waals surface area contributed by atoms with Crippen molar-refractivity contribution in [1.29, 1.82) is 0 Å². The Morgan fingerprint density at radius 2 is 1.03 bits per heavy atom. The van der Waals surface area contributed by atoms with Crippen LogP contribution in [0, 0.1) is 23.7 Å². The van der Waals surface area contributed by atoms with Gasteiger partial charge in [-0.25, -0.2) is 0 Å². The molecule has 0 amide bonds. The molecular formula is C64H47N3S. The van der Waals surface area contributed by atoms with Gasteiger partial charge in [0, 0.05) is 53.9 Å². The fourth-order valence-corrected chi connectivity index (χ4v) is 15.4. The number of hydrogen-bond acceptors (Lipinski definition) is 4. The average molecular weight is 890 g/mol. The quantitative estimate of drug-likeness (QED) is 0.156. The lowest BCUT2D eigenvalue weighted by Gasteiger charge is -2.61. The number of thiophene rings is 1. The van der Waals surface area contributed by atoms with Crippen molar-refractivity contribution in [3.63, 3.8) is 0 Å². The number of anilines is 3. The molecule has 0 radical (unpaired) electrons. The van der Waals surface area contributed by atoms with Crippen molar-refractivity contribution in [3.8, 4) is 44.5 Å². The Bertz CT molecular complexity index is 3800. The summed E-state index contributed by atoms with van der Waals surface area (Å²) >= 11 is 1.88. The lowest BCUT2D eigenvalue weighted by Crippen LogP contribution is -2.55. The molecule has 4 bridgehead atoms. The molecule has 16 rings (SSSR count). The van der Waals surface area contributed by atoms with E-state index in [4.69, 9.17) is 9.97 Å². The predicted octanol–water partition coefficient (Wildman–Crippen LogP) is 17.3. The molecule has 0 saturated heterocycles. The summed E-state index contributed by atoms with van der Waals surface area (Å²) in [4.78, 5) is 12.2. The number of aromatic nitrogens is 2. The predicted molar refractivity (Wildman–Crippen MR) is 284 cm³/mol. The van der Waals surface area contributed by atoms with E-state index >= 15 is 0 Å². The first-order valence-electron chi connectivity index (χ1n) is 24.5. The molecule has 4 fully saturated rings. The molecule has 0 unspecified atom stereocenters. The SMILES string of the molecule is c1ccc(-c2ccc3c(c2)-c2ccccc2C32C3CC4CC(C3)CC2C4)c(-c2ccc(N(c3ccc(-c4cccc5c4sc4ccccc45)cc3)c3cnc4c(ccc5cccnc54)c3)cc2)c1. The maximum absolute atomic E-state index is 5.10. The summed E-state index contributed by atoms with van der Waals surface area (Å²) in [5.74, 6) is 3.40. The van der Waals surface area contributed by atoms with E-state index in [0.29, 0.717) is 0 Å². The van der Waals surface area contributed by atoms with Crippen molar-refractivity contribution >= 4 is 70.4 Å². The number of hydrogen-bond donors (Lipinski definition) is 0. The largest absolute Gasteiger partial charge is 0.309 e. The first-order valence-corrected chi connectivity index (χ1v) is 25.4. The van der Waals surface area contributed by atoms with E-state index in [1.165, 1.54) is 96.8 Å². The van der Waals surface area contributed by atoms with Gasteiger partial charge in [-0.3, -0.25) is 9.97 Å². The molecule has 5 aliphatic carbocycles. The van der Waals surface area contributed by atoms with Gasteiger partial charge in [-0.2, -0.15) is 0 Å². The van der Waals surface area contributed by atoms with Gasteiger partial charge in [0.25, 0.3) is 0 Å². The Kier molecular flexibility index (Phi) is 8.42. The molecule has 3 heterocycles. The van der Waals surface area contributed by atoms with Gasteiger partial charge >= 0.3 is 0 Å². The summed E-state index contributed by atoms with van der Waals surface area (Å²) in [5, 5.41) is 4.78. The summed E-state index contributed by atoms with van der Waals surface area (Å²) in [6.45, 7) is 0. The third kappa shape index (κ3) is 5.64. The van der Waals surface area contributed by atoms with E-state index in [1.807, 2.05) is 29.8 Å². The fraction of sp³-hybridized carbons (Fsp3) is 0.156. The van der Waals surface area contributed by atoms with Crippen LogP contribution in [0.1, 0.15) is 43.2 Å². The first-order chi connectivity index (χ1) is 33.7. The van der Waals surface area contributed by atoms with Gasteiger partial charge in [-0.15, -0.1) is 11.3 Å². The molecule has 8 aromatic carbocycles. The second kappa shape index (κ2) is 14.8. The lowest BCUT2D eigenvalue weighted by atomic mass is 9.43. The number of pyridine rings is 2. The summed E-state index contributed by atoms with van der Waals surface area (Å²) in [6.07, 6.45) is 10.9. The zero-order valence-electron chi connectivity index (χ0n) is 37.6. The van der Waals surface area contributed by atoms with Gasteiger partial charge in [0.05, 0.1) is 22.9 Å². The Hall–Kier alpha value is -7.40. The molecule has 1 spiro atoms. The molecular weight excluding hydrogens is 843 g/mol. The molecule has 11 aromatic rings. The van der Waals surface area contributed by atoms with Crippen LogP contribution >= 0.6 is 11.3 Å². The normalized spacial score (nSPS) is 21.0. The Morgan fingerprint density at radius 1 is 0.426 bits per heavy atom. The van der Waals surface area contributed by atoms with Crippen molar-refractivity contribution in [2.45, 2.75) is 37.5 Å². The summed E-state index contributed by atoms with van der Waals surface area (Å²) in [7, 11) is 0. The maximum Gasteiger partial charge on any atom is 0.0966 e. The van der Waals surface area contributed by atoms with Gasteiger partial charge in [0.1, 0.15) is 0 Å². The lowest BCUT2D eigenvalue weighted by molar-refractivity contribution is -0.0399. The highest BCUT2D eigenvalue weighted by atomic mass is 32.1. The number of benzene rings is 8.